The van der Waals surface area contributed by atoms with E-state index in [1.807, 2.05) is 0 Å². The van der Waals surface area contributed by atoms with Gasteiger partial charge in [0.05, 0.1) is 12.1 Å². The number of carbonyl (C=O) groups excluding carboxylic acids is 1. The van der Waals surface area contributed by atoms with Crippen LogP contribution in [0.4, 0.5) is 0 Å². The average Bonchev–Trinajstić information content (AvgIpc) is 3.43. The van der Waals surface area contributed by atoms with Crippen molar-refractivity contribution < 1.29 is 4.79 Å². The van der Waals surface area contributed by atoms with E-state index >= 15 is 0 Å². The van der Waals surface area contributed by atoms with E-state index in [0.717, 1.165) is 32.7 Å². The molecule has 1 aliphatic carbocycles. The Morgan fingerprint density at radius 2 is 1.79 bits per heavy atom. The quantitative estimate of drug-likeness (QED) is 0.784. The molecule has 3 N–H and O–H groups in total. The van der Waals surface area contributed by atoms with Crippen LogP contribution in [0.2, 0.25) is 0 Å². The number of benzene rings is 1. The van der Waals surface area contributed by atoms with E-state index < -0.39 is 0 Å². The molecular formula is C19H30N4O. The van der Waals surface area contributed by atoms with Crippen LogP contribution in [0.25, 0.3) is 0 Å². The summed E-state index contributed by atoms with van der Waals surface area (Å²) < 4.78 is 0. The van der Waals surface area contributed by atoms with Gasteiger partial charge >= 0.3 is 0 Å². The fourth-order valence-corrected chi connectivity index (χ4v) is 3.55. The van der Waals surface area contributed by atoms with E-state index in [2.05, 4.69) is 52.4 Å². The molecule has 1 aromatic rings. The van der Waals surface area contributed by atoms with Crippen molar-refractivity contribution in [3.05, 3.63) is 35.9 Å². The largest absolute Gasteiger partial charge is 0.348 e. The first-order valence-electron chi connectivity index (χ1n) is 9.09. The number of hydrogen-bond donors (Lipinski definition) is 2. The number of nitrogens with two attached hydrogens (primary N) is 1. The summed E-state index contributed by atoms with van der Waals surface area (Å²) in [4.78, 5) is 17.1. The molecule has 5 heteroatoms. The van der Waals surface area contributed by atoms with Crippen LogP contribution < -0.4 is 11.1 Å². The normalized spacial score (nSPS) is 22.1. The smallest absolute Gasteiger partial charge is 0.234 e. The van der Waals surface area contributed by atoms with E-state index in [9.17, 15) is 4.79 Å². The van der Waals surface area contributed by atoms with Crippen LogP contribution in [0.1, 0.15) is 25.3 Å². The first-order valence-corrected chi connectivity index (χ1v) is 9.09. The number of carbonyl (C=O) groups is 1. The fourth-order valence-electron chi connectivity index (χ4n) is 3.55. The van der Waals surface area contributed by atoms with Crippen molar-refractivity contribution in [2.45, 2.75) is 31.8 Å². The summed E-state index contributed by atoms with van der Waals surface area (Å²) in [5.41, 5.74) is 7.02. The predicted octanol–water partition coefficient (Wildman–Crippen LogP) is 1.05. The summed E-state index contributed by atoms with van der Waals surface area (Å²) in [6, 6.07) is 10.6. The lowest BCUT2D eigenvalue weighted by Gasteiger charge is -2.35. The first-order chi connectivity index (χ1) is 11.6. The van der Waals surface area contributed by atoms with E-state index in [1.54, 1.807) is 0 Å². The van der Waals surface area contributed by atoms with Gasteiger partial charge in [-0.15, -0.1) is 0 Å². The van der Waals surface area contributed by atoms with Gasteiger partial charge in [-0.2, -0.15) is 0 Å². The topological polar surface area (TPSA) is 61.6 Å². The van der Waals surface area contributed by atoms with Gasteiger partial charge in [-0.25, -0.2) is 0 Å². The average molecular weight is 330 g/mol. The third-order valence-electron chi connectivity index (χ3n) is 5.41. The molecule has 24 heavy (non-hydrogen) atoms. The Hall–Kier alpha value is -1.43. The predicted molar refractivity (Wildman–Crippen MR) is 96.5 cm³/mol. The zero-order valence-electron chi connectivity index (χ0n) is 14.7. The van der Waals surface area contributed by atoms with Crippen molar-refractivity contribution >= 4 is 5.91 Å². The molecule has 0 aromatic heterocycles. The zero-order valence-corrected chi connectivity index (χ0v) is 14.7. The van der Waals surface area contributed by atoms with Gasteiger partial charge in [0.25, 0.3) is 0 Å². The highest BCUT2D eigenvalue weighted by molar-refractivity contribution is 5.79. The molecule has 1 atom stereocenters. The Kier molecular flexibility index (Phi) is 5.54. The van der Waals surface area contributed by atoms with Crippen LogP contribution in [-0.4, -0.2) is 60.5 Å². The Morgan fingerprint density at radius 1 is 1.17 bits per heavy atom. The Bertz CT molecular complexity index is 538. The van der Waals surface area contributed by atoms with Crippen molar-refractivity contribution in [2.24, 2.45) is 11.7 Å². The highest BCUT2D eigenvalue weighted by atomic mass is 16.2. The molecule has 132 valence electrons. The minimum atomic E-state index is -0.216. The van der Waals surface area contributed by atoms with E-state index in [0.29, 0.717) is 19.0 Å². The molecule has 1 unspecified atom stereocenters. The fraction of sp³-hybridized carbons (Fsp3) is 0.632. The molecule has 2 fully saturated rings. The van der Waals surface area contributed by atoms with Crippen LogP contribution in [0.5, 0.6) is 0 Å². The number of nitrogens with zero attached hydrogens (tertiary/aromatic N) is 2. The standard InChI is InChI=1S/C19H30N4O/c1-19(15-20,17-7-8-17)21-18(24)14-23-11-9-22(10-12-23)13-16-5-3-2-4-6-16/h2-6,17H,7-15,20H2,1H3,(H,21,24). The molecule has 0 spiro atoms. The van der Waals surface area contributed by atoms with Gasteiger partial charge in [-0.3, -0.25) is 14.6 Å². The highest BCUT2D eigenvalue weighted by Crippen LogP contribution is 2.38. The maximum Gasteiger partial charge on any atom is 0.234 e. The molecule has 1 aliphatic heterocycles. The molecule has 1 amide bonds. The van der Waals surface area contributed by atoms with Crippen molar-refractivity contribution in [3.63, 3.8) is 0 Å². The molecule has 1 aromatic carbocycles. The Balaban J connectivity index is 1.41. The second-order valence-electron chi connectivity index (χ2n) is 7.48. The number of hydrogen-bond acceptors (Lipinski definition) is 4. The first kappa shape index (κ1) is 17.4. The molecule has 2 aliphatic rings. The lowest BCUT2D eigenvalue weighted by Crippen LogP contribution is -2.56. The summed E-state index contributed by atoms with van der Waals surface area (Å²) in [6.07, 6.45) is 2.37. The summed E-state index contributed by atoms with van der Waals surface area (Å²) in [6.45, 7) is 8.01. The van der Waals surface area contributed by atoms with Gasteiger partial charge in [0.2, 0.25) is 5.91 Å². The number of piperazine rings is 1. The summed E-state index contributed by atoms with van der Waals surface area (Å²) in [7, 11) is 0. The molecular weight excluding hydrogens is 300 g/mol. The van der Waals surface area contributed by atoms with Crippen molar-refractivity contribution in [1.29, 1.82) is 0 Å². The molecule has 1 saturated carbocycles. The van der Waals surface area contributed by atoms with Crippen LogP contribution in [0.15, 0.2) is 30.3 Å². The minimum absolute atomic E-state index is 0.117. The Morgan fingerprint density at radius 3 is 2.38 bits per heavy atom. The van der Waals surface area contributed by atoms with Gasteiger partial charge < -0.3 is 11.1 Å². The van der Waals surface area contributed by atoms with Gasteiger partial charge in [0.15, 0.2) is 0 Å². The summed E-state index contributed by atoms with van der Waals surface area (Å²) >= 11 is 0. The lowest BCUT2D eigenvalue weighted by molar-refractivity contribution is -0.124. The van der Waals surface area contributed by atoms with Crippen LogP contribution in [-0.2, 0) is 11.3 Å². The molecule has 1 saturated heterocycles. The maximum atomic E-state index is 12.4. The second-order valence-corrected chi connectivity index (χ2v) is 7.48. The molecule has 0 bridgehead atoms. The number of amides is 1. The van der Waals surface area contributed by atoms with Gasteiger partial charge in [-0.1, -0.05) is 30.3 Å². The second kappa shape index (κ2) is 7.64. The molecule has 1 heterocycles. The van der Waals surface area contributed by atoms with E-state index in [-0.39, 0.29) is 11.4 Å². The van der Waals surface area contributed by atoms with Gasteiger partial charge in [0.1, 0.15) is 0 Å². The number of nitrogens with one attached hydrogen (secondary N) is 1. The number of rotatable bonds is 7. The Labute approximate surface area is 145 Å². The monoisotopic (exact) mass is 330 g/mol. The maximum absolute atomic E-state index is 12.4. The summed E-state index contributed by atoms with van der Waals surface area (Å²) in [5.74, 6) is 0.681. The minimum Gasteiger partial charge on any atom is -0.348 e. The van der Waals surface area contributed by atoms with Gasteiger partial charge in [0, 0.05) is 39.3 Å². The van der Waals surface area contributed by atoms with Crippen molar-refractivity contribution in [3.8, 4) is 0 Å². The van der Waals surface area contributed by atoms with Crippen LogP contribution in [0, 0.1) is 5.92 Å². The van der Waals surface area contributed by atoms with Gasteiger partial charge in [-0.05, 0) is 31.2 Å². The zero-order chi connectivity index (χ0) is 17.0. The van der Waals surface area contributed by atoms with Crippen LogP contribution in [0.3, 0.4) is 0 Å². The summed E-state index contributed by atoms with van der Waals surface area (Å²) in [5, 5.41) is 3.18. The SMILES string of the molecule is CC(CN)(NC(=O)CN1CCN(Cc2ccccc2)CC1)C1CC1. The molecule has 5 nitrogen and oxygen atoms in total. The molecule has 0 radical (unpaired) electrons. The third-order valence-corrected chi connectivity index (χ3v) is 5.41. The van der Waals surface area contributed by atoms with E-state index in [4.69, 9.17) is 5.73 Å². The van der Waals surface area contributed by atoms with Crippen molar-refractivity contribution in [2.75, 3.05) is 39.3 Å². The lowest BCUT2D eigenvalue weighted by atomic mass is 9.96. The van der Waals surface area contributed by atoms with Crippen LogP contribution >= 0.6 is 0 Å². The van der Waals surface area contributed by atoms with E-state index in [1.165, 1.54) is 18.4 Å². The third kappa shape index (κ3) is 4.56. The highest BCUT2D eigenvalue weighted by Gasteiger charge is 2.41. The molecule has 3 rings (SSSR count). The van der Waals surface area contributed by atoms with Crippen molar-refractivity contribution in [1.82, 2.24) is 15.1 Å².